The molecular formula is C17H19N3O4S. The number of nitrogens with zero attached hydrogens (tertiary/aromatic N) is 2. The maximum Gasteiger partial charge on any atom is 0.270 e. The van der Waals surface area contributed by atoms with Gasteiger partial charge in [0.25, 0.3) is 5.69 Å². The van der Waals surface area contributed by atoms with Crippen molar-refractivity contribution >= 4 is 26.9 Å². The lowest BCUT2D eigenvalue weighted by Crippen LogP contribution is -2.27. The molecule has 1 unspecified atom stereocenters. The molecule has 0 radical (unpaired) electrons. The number of benzene rings is 2. The van der Waals surface area contributed by atoms with Gasteiger partial charge in [-0.3, -0.25) is 10.1 Å². The van der Waals surface area contributed by atoms with E-state index in [-0.39, 0.29) is 16.6 Å². The first-order valence-corrected chi connectivity index (χ1v) is 9.79. The number of anilines is 2. The largest absolute Gasteiger partial charge is 0.380 e. The van der Waals surface area contributed by atoms with Crippen LogP contribution in [-0.2, 0) is 9.84 Å². The molecule has 0 aliphatic carbocycles. The normalized spacial score (nSPS) is 17.5. The molecule has 2 aromatic rings. The van der Waals surface area contributed by atoms with Crippen LogP contribution in [0.1, 0.15) is 6.42 Å². The van der Waals surface area contributed by atoms with Crippen LogP contribution in [0, 0.1) is 10.1 Å². The maximum atomic E-state index is 12.1. The zero-order valence-corrected chi connectivity index (χ0v) is 14.6. The van der Waals surface area contributed by atoms with Crippen LogP contribution in [0.25, 0.3) is 0 Å². The van der Waals surface area contributed by atoms with Gasteiger partial charge in [0.05, 0.1) is 15.5 Å². The number of nitro benzene ring substituents is 1. The number of nitro groups is 1. The van der Waals surface area contributed by atoms with Crippen molar-refractivity contribution in [2.75, 3.05) is 29.6 Å². The Bertz CT molecular complexity index is 884. The van der Waals surface area contributed by atoms with Crippen LogP contribution in [0.5, 0.6) is 0 Å². The number of para-hydroxylation sites is 1. The van der Waals surface area contributed by atoms with Gasteiger partial charge in [-0.05, 0) is 24.6 Å². The molecule has 1 fully saturated rings. The van der Waals surface area contributed by atoms with E-state index in [1.807, 2.05) is 35.2 Å². The molecule has 0 amide bonds. The lowest BCUT2D eigenvalue weighted by Gasteiger charge is -2.22. The number of rotatable bonds is 5. The minimum atomic E-state index is -3.57. The molecule has 3 rings (SSSR count). The van der Waals surface area contributed by atoms with Gasteiger partial charge in [-0.1, -0.05) is 18.2 Å². The number of hydrogen-bond acceptors (Lipinski definition) is 6. The third-order valence-electron chi connectivity index (χ3n) is 4.23. The lowest BCUT2D eigenvalue weighted by atomic mass is 10.2. The van der Waals surface area contributed by atoms with Crippen LogP contribution < -0.4 is 10.2 Å². The molecular weight excluding hydrogens is 342 g/mol. The zero-order valence-electron chi connectivity index (χ0n) is 13.8. The molecule has 1 aliphatic heterocycles. The maximum absolute atomic E-state index is 12.1. The summed E-state index contributed by atoms with van der Waals surface area (Å²) >= 11 is 0. The Balaban J connectivity index is 1.84. The van der Waals surface area contributed by atoms with Crippen molar-refractivity contribution in [3.63, 3.8) is 0 Å². The highest BCUT2D eigenvalue weighted by Gasteiger charge is 2.28. The fourth-order valence-electron chi connectivity index (χ4n) is 3.04. The smallest absolute Gasteiger partial charge is 0.270 e. The van der Waals surface area contributed by atoms with Crippen molar-refractivity contribution in [3.8, 4) is 0 Å². The summed E-state index contributed by atoms with van der Waals surface area (Å²) in [5, 5.41) is 14.4. The van der Waals surface area contributed by atoms with E-state index in [1.165, 1.54) is 12.1 Å². The van der Waals surface area contributed by atoms with Gasteiger partial charge in [-0.2, -0.15) is 0 Å². The number of nitrogens with one attached hydrogen (secondary N) is 1. The second-order valence-corrected chi connectivity index (χ2v) is 8.11. The molecule has 132 valence electrons. The molecule has 1 N–H and O–H groups in total. The van der Waals surface area contributed by atoms with Crippen molar-refractivity contribution < 1.29 is 13.3 Å². The van der Waals surface area contributed by atoms with E-state index in [2.05, 4.69) is 5.32 Å². The highest BCUT2D eigenvalue weighted by molar-refractivity contribution is 7.90. The number of hydrogen-bond donors (Lipinski definition) is 1. The standard InChI is InChI=1S/C17H19N3O4S/c1-25(23,24)17-11-15(20(21)22)7-8-16(17)19-10-9-14(12-19)18-13-5-3-2-4-6-13/h2-8,11,14,18H,9-10,12H2,1H3. The van der Waals surface area contributed by atoms with Gasteiger partial charge in [0.2, 0.25) is 0 Å². The van der Waals surface area contributed by atoms with Crippen LogP contribution in [-0.4, -0.2) is 38.7 Å². The van der Waals surface area contributed by atoms with Crippen molar-refractivity contribution in [1.29, 1.82) is 0 Å². The van der Waals surface area contributed by atoms with Gasteiger partial charge in [-0.15, -0.1) is 0 Å². The van der Waals surface area contributed by atoms with Crippen LogP contribution >= 0.6 is 0 Å². The predicted octanol–water partition coefficient (Wildman–Crippen LogP) is 2.69. The Kier molecular flexibility index (Phi) is 4.63. The monoisotopic (exact) mass is 361 g/mol. The van der Waals surface area contributed by atoms with E-state index in [0.717, 1.165) is 24.4 Å². The zero-order chi connectivity index (χ0) is 18.0. The Morgan fingerprint density at radius 3 is 2.56 bits per heavy atom. The van der Waals surface area contributed by atoms with Crippen molar-refractivity contribution in [1.82, 2.24) is 0 Å². The van der Waals surface area contributed by atoms with Crippen molar-refractivity contribution in [2.45, 2.75) is 17.4 Å². The first-order chi connectivity index (χ1) is 11.8. The summed E-state index contributed by atoms with van der Waals surface area (Å²) in [5.41, 5.74) is 1.31. The van der Waals surface area contributed by atoms with E-state index in [9.17, 15) is 18.5 Å². The fourth-order valence-corrected chi connectivity index (χ4v) is 3.95. The van der Waals surface area contributed by atoms with Crippen molar-refractivity contribution in [2.24, 2.45) is 0 Å². The second-order valence-electron chi connectivity index (χ2n) is 6.12. The minimum absolute atomic E-state index is 0.00191. The summed E-state index contributed by atoms with van der Waals surface area (Å²) in [7, 11) is -3.57. The molecule has 1 atom stereocenters. The molecule has 7 nitrogen and oxygen atoms in total. The van der Waals surface area contributed by atoms with Gasteiger partial charge >= 0.3 is 0 Å². The molecule has 1 aliphatic rings. The molecule has 0 bridgehead atoms. The van der Waals surface area contributed by atoms with Gasteiger partial charge < -0.3 is 10.2 Å². The van der Waals surface area contributed by atoms with Gasteiger partial charge in [0.15, 0.2) is 9.84 Å². The van der Waals surface area contributed by atoms with E-state index < -0.39 is 14.8 Å². The molecule has 8 heteroatoms. The minimum Gasteiger partial charge on any atom is -0.380 e. The highest BCUT2D eigenvalue weighted by Crippen LogP contribution is 2.32. The average molecular weight is 361 g/mol. The van der Waals surface area contributed by atoms with Crippen LogP contribution in [0.3, 0.4) is 0 Å². The first kappa shape index (κ1) is 17.2. The molecule has 0 aromatic heterocycles. The molecule has 0 spiro atoms. The van der Waals surface area contributed by atoms with Crippen LogP contribution in [0.2, 0.25) is 0 Å². The number of sulfone groups is 1. The first-order valence-electron chi connectivity index (χ1n) is 7.89. The Morgan fingerprint density at radius 1 is 1.20 bits per heavy atom. The quantitative estimate of drug-likeness (QED) is 0.650. The predicted molar refractivity (Wildman–Crippen MR) is 96.9 cm³/mol. The highest BCUT2D eigenvalue weighted by atomic mass is 32.2. The molecule has 1 heterocycles. The van der Waals surface area contributed by atoms with Gasteiger partial charge in [0.1, 0.15) is 0 Å². The topological polar surface area (TPSA) is 92.5 Å². The van der Waals surface area contributed by atoms with Crippen LogP contribution in [0.15, 0.2) is 53.4 Å². The molecule has 25 heavy (non-hydrogen) atoms. The van der Waals surface area contributed by atoms with E-state index >= 15 is 0 Å². The molecule has 1 saturated heterocycles. The van der Waals surface area contributed by atoms with Crippen molar-refractivity contribution in [3.05, 3.63) is 58.6 Å². The Morgan fingerprint density at radius 2 is 1.92 bits per heavy atom. The third-order valence-corrected chi connectivity index (χ3v) is 5.35. The summed E-state index contributed by atoms with van der Waals surface area (Å²) in [6.07, 6.45) is 1.93. The summed E-state index contributed by atoms with van der Waals surface area (Å²) in [5.74, 6) is 0. The van der Waals surface area contributed by atoms with Gasteiger partial charge in [0, 0.05) is 43.2 Å². The second kappa shape index (κ2) is 6.72. The van der Waals surface area contributed by atoms with Gasteiger partial charge in [-0.25, -0.2) is 8.42 Å². The molecule has 0 saturated carbocycles. The third kappa shape index (κ3) is 3.90. The van der Waals surface area contributed by atoms with Crippen LogP contribution in [0.4, 0.5) is 17.1 Å². The summed E-state index contributed by atoms with van der Waals surface area (Å²) in [4.78, 5) is 12.3. The lowest BCUT2D eigenvalue weighted by molar-refractivity contribution is -0.385. The Hall–Kier alpha value is -2.61. The summed E-state index contributed by atoms with van der Waals surface area (Å²) in [6.45, 7) is 1.32. The summed E-state index contributed by atoms with van der Waals surface area (Å²) < 4.78 is 24.2. The fraction of sp³-hybridized carbons (Fsp3) is 0.294. The van der Waals surface area contributed by atoms with E-state index in [0.29, 0.717) is 18.8 Å². The number of non-ortho nitro benzene ring substituents is 1. The summed E-state index contributed by atoms with van der Waals surface area (Å²) in [6, 6.07) is 14.0. The molecule has 2 aromatic carbocycles. The van der Waals surface area contributed by atoms with E-state index in [4.69, 9.17) is 0 Å². The SMILES string of the molecule is CS(=O)(=O)c1cc([N+](=O)[O-])ccc1N1CCC(Nc2ccccc2)C1. The van der Waals surface area contributed by atoms with E-state index in [1.54, 1.807) is 0 Å². The average Bonchev–Trinajstić information content (AvgIpc) is 3.02. The Labute approximate surface area is 146 Å².